The van der Waals surface area contributed by atoms with E-state index in [4.69, 9.17) is 0 Å². The lowest BCUT2D eigenvalue weighted by molar-refractivity contribution is 0.862. The molecule has 2 heterocycles. The van der Waals surface area contributed by atoms with E-state index in [0.717, 1.165) is 10.9 Å². The zero-order valence-corrected chi connectivity index (χ0v) is 9.64. The minimum atomic E-state index is -0.352. The van der Waals surface area contributed by atoms with Crippen molar-refractivity contribution in [1.82, 2.24) is 19.6 Å². The first kappa shape index (κ1) is 10.0. The zero-order chi connectivity index (χ0) is 12.0. The summed E-state index contributed by atoms with van der Waals surface area (Å²) in [6, 6.07) is 5.83. The predicted molar refractivity (Wildman–Crippen MR) is 65.2 cm³/mol. The van der Waals surface area contributed by atoms with Gasteiger partial charge in [-0.05, 0) is 17.5 Å². The molecule has 0 unspecified atom stereocenters. The fraction of sp³-hybridized carbons (Fsp3) is 0.250. The van der Waals surface area contributed by atoms with Gasteiger partial charge >= 0.3 is 5.69 Å². The van der Waals surface area contributed by atoms with Crippen LogP contribution in [0.15, 0.2) is 29.3 Å². The largest absolute Gasteiger partial charge is 0.370 e. The SMILES string of the molecule is CC(C)c1cccc2nc(=O)n3nc[nH]c3c12. The van der Waals surface area contributed by atoms with Crippen LogP contribution in [0.5, 0.6) is 0 Å². The van der Waals surface area contributed by atoms with E-state index in [2.05, 4.69) is 35.0 Å². The maximum absolute atomic E-state index is 11.7. The van der Waals surface area contributed by atoms with Crippen molar-refractivity contribution >= 4 is 16.6 Å². The Balaban J connectivity index is 2.62. The number of aromatic amines is 1. The van der Waals surface area contributed by atoms with Crippen LogP contribution < -0.4 is 5.69 Å². The van der Waals surface area contributed by atoms with Crippen LogP contribution in [-0.2, 0) is 0 Å². The van der Waals surface area contributed by atoms with E-state index >= 15 is 0 Å². The Bertz CT molecular complexity index is 754. The lowest BCUT2D eigenvalue weighted by Gasteiger charge is -2.09. The molecule has 0 aliphatic carbocycles. The second kappa shape index (κ2) is 3.41. The average Bonchev–Trinajstić information content (AvgIpc) is 2.77. The van der Waals surface area contributed by atoms with Crippen molar-refractivity contribution in [1.29, 1.82) is 0 Å². The van der Waals surface area contributed by atoms with Gasteiger partial charge in [-0.3, -0.25) is 0 Å². The van der Waals surface area contributed by atoms with Crippen molar-refractivity contribution in [3.63, 3.8) is 0 Å². The molecule has 3 rings (SSSR count). The molecule has 1 N–H and O–H groups in total. The van der Waals surface area contributed by atoms with E-state index in [1.165, 1.54) is 10.8 Å². The van der Waals surface area contributed by atoms with Crippen LogP contribution in [0, 0.1) is 0 Å². The summed E-state index contributed by atoms with van der Waals surface area (Å²) in [5, 5.41) is 4.93. The average molecular weight is 228 g/mol. The summed E-state index contributed by atoms with van der Waals surface area (Å²) in [5.41, 5.74) is 2.24. The summed E-state index contributed by atoms with van der Waals surface area (Å²) in [7, 11) is 0. The number of hydrogen-bond acceptors (Lipinski definition) is 3. The normalized spacial score (nSPS) is 11.7. The number of aromatic nitrogens is 4. The van der Waals surface area contributed by atoms with Gasteiger partial charge in [0.2, 0.25) is 0 Å². The molecule has 17 heavy (non-hydrogen) atoms. The molecule has 3 aromatic rings. The molecular weight excluding hydrogens is 216 g/mol. The molecular formula is C12H12N4O. The molecule has 0 radical (unpaired) electrons. The summed E-state index contributed by atoms with van der Waals surface area (Å²) >= 11 is 0. The van der Waals surface area contributed by atoms with E-state index < -0.39 is 0 Å². The van der Waals surface area contributed by atoms with Gasteiger partial charge in [-0.2, -0.15) is 14.6 Å². The molecule has 0 bridgehead atoms. The van der Waals surface area contributed by atoms with Crippen LogP contribution in [0.2, 0.25) is 0 Å². The molecule has 2 aromatic heterocycles. The van der Waals surface area contributed by atoms with Crippen molar-refractivity contribution in [2.24, 2.45) is 0 Å². The number of benzene rings is 1. The smallest absolute Gasteiger partial charge is 0.329 e. The fourth-order valence-corrected chi connectivity index (χ4v) is 2.13. The quantitative estimate of drug-likeness (QED) is 0.689. The Hall–Kier alpha value is -2.17. The van der Waals surface area contributed by atoms with Crippen molar-refractivity contribution in [2.45, 2.75) is 19.8 Å². The Kier molecular flexibility index (Phi) is 2.01. The number of hydrogen-bond donors (Lipinski definition) is 1. The molecule has 0 aliphatic heterocycles. The van der Waals surface area contributed by atoms with Crippen LogP contribution in [0.3, 0.4) is 0 Å². The molecule has 0 amide bonds. The van der Waals surface area contributed by atoms with Crippen LogP contribution >= 0.6 is 0 Å². The molecule has 1 aromatic carbocycles. The topological polar surface area (TPSA) is 63.1 Å². The Morgan fingerprint density at radius 1 is 1.35 bits per heavy atom. The summed E-state index contributed by atoms with van der Waals surface area (Å²) in [6.07, 6.45) is 1.51. The Morgan fingerprint density at radius 2 is 2.18 bits per heavy atom. The Morgan fingerprint density at radius 3 is 2.94 bits per heavy atom. The highest BCUT2D eigenvalue weighted by Gasteiger charge is 2.12. The highest BCUT2D eigenvalue weighted by molar-refractivity contribution is 5.94. The zero-order valence-electron chi connectivity index (χ0n) is 9.64. The molecule has 0 fully saturated rings. The minimum Gasteiger partial charge on any atom is -0.329 e. The van der Waals surface area contributed by atoms with Gasteiger partial charge in [0.05, 0.1) is 5.52 Å². The number of rotatable bonds is 1. The van der Waals surface area contributed by atoms with Crippen LogP contribution in [0.4, 0.5) is 0 Å². The Labute approximate surface area is 97.1 Å². The van der Waals surface area contributed by atoms with E-state index in [-0.39, 0.29) is 5.69 Å². The lowest BCUT2D eigenvalue weighted by Crippen LogP contribution is -2.17. The second-order valence-corrected chi connectivity index (χ2v) is 4.34. The van der Waals surface area contributed by atoms with Crippen LogP contribution in [0.1, 0.15) is 25.3 Å². The number of fused-ring (bicyclic) bond motifs is 3. The standard InChI is InChI=1S/C12H12N4O/c1-7(2)8-4-3-5-9-10(8)11-13-6-14-16(11)12(17)15-9/h3-7H,1-2H3,(H,13,14). The number of H-pyrrole nitrogens is 1. The van der Waals surface area contributed by atoms with E-state index in [9.17, 15) is 4.79 Å². The third-order valence-corrected chi connectivity index (χ3v) is 2.92. The molecule has 0 atom stereocenters. The van der Waals surface area contributed by atoms with Crippen LogP contribution in [-0.4, -0.2) is 19.6 Å². The van der Waals surface area contributed by atoms with Gasteiger partial charge in [0.25, 0.3) is 0 Å². The third kappa shape index (κ3) is 1.35. The van der Waals surface area contributed by atoms with Gasteiger partial charge in [0.1, 0.15) is 12.0 Å². The highest BCUT2D eigenvalue weighted by Crippen LogP contribution is 2.25. The van der Waals surface area contributed by atoms with Gasteiger partial charge < -0.3 is 4.98 Å². The second-order valence-electron chi connectivity index (χ2n) is 4.34. The van der Waals surface area contributed by atoms with E-state index in [0.29, 0.717) is 17.1 Å². The van der Waals surface area contributed by atoms with Gasteiger partial charge in [0.15, 0.2) is 0 Å². The molecule has 5 heteroatoms. The summed E-state index contributed by atoms with van der Waals surface area (Å²) < 4.78 is 1.30. The van der Waals surface area contributed by atoms with E-state index in [1.54, 1.807) is 0 Å². The lowest BCUT2D eigenvalue weighted by atomic mass is 9.99. The predicted octanol–water partition coefficient (Wildman–Crippen LogP) is 1.69. The molecule has 5 nitrogen and oxygen atoms in total. The van der Waals surface area contributed by atoms with Crippen molar-refractivity contribution in [3.8, 4) is 0 Å². The number of nitrogens with zero attached hydrogens (tertiary/aromatic N) is 3. The first-order valence-electron chi connectivity index (χ1n) is 5.53. The monoisotopic (exact) mass is 228 g/mol. The minimum absolute atomic E-state index is 0.352. The first-order chi connectivity index (χ1) is 8.18. The van der Waals surface area contributed by atoms with Crippen LogP contribution in [0.25, 0.3) is 16.6 Å². The van der Waals surface area contributed by atoms with Crippen molar-refractivity contribution in [3.05, 3.63) is 40.6 Å². The molecule has 0 aliphatic rings. The molecule has 0 saturated carbocycles. The van der Waals surface area contributed by atoms with Gasteiger partial charge in [-0.1, -0.05) is 26.0 Å². The maximum atomic E-state index is 11.7. The van der Waals surface area contributed by atoms with Crippen molar-refractivity contribution in [2.75, 3.05) is 0 Å². The van der Waals surface area contributed by atoms with Crippen molar-refractivity contribution < 1.29 is 0 Å². The fourth-order valence-electron chi connectivity index (χ4n) is 2.13. The summed E-state index contributed by atoms with van der Waals surface area (Å²) in [5.74, 6) is 0.366. The highest BCUT2D eigenvalue weighted by atomic mass is 16.1. The van der Waals surface area contributed by atoms with Gasteiger partial charge in [-0.25, -0.2) is 4.79 Å². The number of nitrogens with one attached hydrogen (secondary N) is 1. The maximum Gasteiger partial charge on any atom is 0.370 e. The molecule has 0 spiro atoms. The van der Waals surface area contributed by atoms with Gasteiger partial charge in [-0.15, -0.1) is 0 Å². The summed E-state index contributed by atoms with van der Waals surface area (Å²) in [6.45, 7) is 4.24. The summed E-state index contributed by atoms with van der Waals surface area (Å²) in [4.78, 5) is 18.8. The molecule has 86 valence electrons. The molecule has 0 saturated heterocycles. The van der Waals surface area contributed by atoms with E-state index in [1.807, 2.05) is 12.1 Å². The first-order valence-corrected chi connectivity index (χ1v) is 5.53. The third-order valence-electron chi connectivity index (χ3n) is 2.92. The van der Waals surface area contributed by atoms with Gasteiger partial charge in [0, 0.05) is 5.39 Å².